The Morgan fingerprint density at radius 3 is 2.59 bits per heavy atom. The van der Waals surface area contributed by atoms with E-state index >= 15 is 0 Å². The Labute approximate surface area is 149 Å². The molecule has 0 atom stereocenters. The van der Waals surface area contributed by atoms with Gasteiger partial charge in [0.15, 0.2) is 0 Å². The molecule has 9 heteroatoms. The molecule has 0 aliphatic heterocycles. The lowest BCUT2D eigenvalue weighted by Crippen LogP contribution is -2.11. The molecule has 0 N–H and O–H groups in total. The number of alkyl halides is 3. The van der Waals surface area contributed by atoms with Crippen LogP contribution in [0.3, 0.4) is 0 Å². The molecule has 2 aromatic carbocycles. The normalized spacial score (nSPS) is 11.6. The van der Waals surface area contributed by atoms with Crippen molar-refractivity contribution in [3.05, 3.63) is 79.7 Å². The first-order valence-corrected chi connectivity index (χ1v) is 7.67. The van der Waals surface area contributed by atoms with Gasteiger partial charge in [-0.05, 0) is 24.6 Å². The summed E-state index contributed by atoms with van der Waals surface area (Å²) in [6, 6.07) is 8.56. The summed E-state index contributed by atoms with van der Waals surface area (Å²) < 4.78 is 49.5. The number of halogens is 3. The molecule has 0 fully saturated rings. The largest absolute Gasteiger partial charge is 0.489 e. The van der Waals surface area contributed by atoms with Gasteiger partial charge in [-0.1, -0.05) is 12.1 Å². The summed E-state index contributed by atoms with van der Waals surface area (Å²) in [7, 11) is 0. The number of nitrogens with zero attached hydrogens (tertiary/aromatic N) is 1. The van der Waals surface area contributed by atoms with Crippen molar-refractivity contribution < 1.29 is 27.2 Å². The highest BCUT2D eigenvalue weighted by Gasteiger charge is 2.33. The van der Waals surface area contributed by atoms with Crippen LogP contribution in [0, 0.1) is 17.0 Å². The zero-order valence-corrected chi connectivity index (χ0v) is 13.9. The first kappa shape index (κ1) is 18.4. The highest BCUT2D eigenvalue weighted by atomic mass is 19.4. The van der Waals surface area contributed by atoms with Gasteiger partial charge in [0.2, 0.25) is 0 Å². The van der Waals surface area contributed by atoms with Crippen LogP contribution in [0.5, 0.6) is 5.75 Å². The van der Waals surface area contributed by atoms with E-state index in [0.717, 1.165) is 6.07 Å². The smallest absolute Gasteiger partial charge is 0.417 e. The topological polar surface area (TPSA) is 82.6 Å². The number of fused-ring (bicyclic) bond motifs is 1. The molecule has 0 aliphatic carbocycles. The van der Waals surface area contributed by atoms with Crippen LogP contribution >= 0.6 is 0 Å². The maximum atomic E-state index is 13.0. The molecule has 0 bridgehead atoms. The summed E-state index contributed by atoms with van der Waals surface area (Å²) in [5, 5.41) is 10.7. The minimum atomic E-state index is -4.70. The number of rotatable bonds is 4. The fourth-order valence-corrected chi connectivity index (χ4v) is 2.65. The second-order valence-corrected chi connectivity index (χ2v) is 5.74. The minimum absolute atomic E-state index is 0.0395. The van der Waals surface area contributed by atoms with Gasteiger partial charge >= 0.3 is 11.8 Å². The summed E-state index contributed by atoms with van der Waals surface area (Å²) in [6.07, 6.45) is -4.70. The SMILES string of the molecule is Cc1c(COc2ccc3c(C(F)(F)F)cc(=O)oc3c2)cccc1[N+](=O)[O-]. The average Bonchev–Trinajstić information content (AvgIpc) is 2.58. The molecule has 0 amide bonds. The molecule has 1 aromatic heterocycles. The van der Waals surface area contributed by atoms with Crippen molar-refractivity contribution >= 4 is 16.7 Å². The molecule has 0 spiro atoms. The van der Waals surface area contributed by atoms with E-state index in [0.29, 0.717) is 17.2 Å². The molecule has 27 heavy (non-hydrogen) atoms. The first-order valence-electron chi connectivity index (χ1n) is 7.67. The molecule has 0 saturated carbocycles. The van der Waals surface area contributed by atoms with Crippen molar-refractivity contribution in [2.45, 2.75) is 19.7 Å². The fraction of sp³-hybridized carbons (Fsp3) is 0.167. The predicted molar refractivity (Wildman–Crippen MR) is 89.7 cm³/mol. The van der Waals surface area contributed by atoms with Crippen molar-refractivity contribution in [2.24, 2.45) is 0 Å². The van der Waals surface area contributed by atoms with Crippen molar-refractivity contribution in [3.8, 4) is 5.75 Å². The minimum Gasteiger partial charge on any atom is -0.489 e. The molecule has 0 radical (unpaired) electrons. The molecule has 3 rings (SSSR count). The van der Waals surface area contributed by atoms with E-state index in [4.69, 9.17) is 9.15 Å². The van der Waals surface area contributed by atoms with Crippen LogP contribution < -0.4 is 10.4 Å². The lowest BCUT2D eigenvalue weighted by Gasteiger charge is -2.11. The van der Waals surface area contributed by atoms with Gasteiger partial charge < -0.3 is 9.15 Å². The van der Waals surface area contributed by atoms with Gasteiger partial charge in [-0.25, -0.2) is 4.79 Å². The zero-order valence-electron chi connectivity index (χ0n) is 13.9. The van der Waals surface area contributed by atoms with Crippen molar-refractivity contribution in [1.29, 1.82) is 0 Å². The van der Waals surface area contributed by atoms with Gasteiger partial charge in [0, 0.05) is 29.1 Å². The molecule has 3 aromatic rings. The molecule has 0 unspecified atom stereocenters. The lowest BCUT2D eigenvalue weighted by atomic mass is 10.1. The Hall–Kier alpha value is -3.36. The maximum absolute atomic E-state index is 13.0. The Morgan fingerprint density at radius 2 is 1.93 bits per heavy atom. The highest BCUT2D eigenvalue weighted by Crippen LogP contribution is 2.35. The van der Waals surface area contributed by atoms with E-state index in [-0.39, 0.29) is 29.0 Å². The van der Waals surface area contributed by atoms with Gasteiger partial charge in [-0.15, -0.1) is 0 Å². The van der Waals surface area contributed by atoms with Gasteiger partial charge in [-0.3, -0.25) is 10.1 Å². The predicted octanol–water partition coefficient (Wildman–Crippen LogP) is 4.61. The number of ether oxygens (including phenoxy) is 1. The summed E-state index contributed by atoms with van der Waals surface area (Å²) in [6.45, 7) is 1.54. The van der Waals surface area contributed by atoms with Crippen LogP contribution in [-0.2, 0) is 12.8 Å². The van der Waals surface area contributed by atoms with Gasteiger partial charge in [0.05, 0.1) is 10.5 Å². The number of benzene rings is 2. The molecule has 140 valence electrons. The average molecular weight is 379 g/mol. The summed E-state index contributed by atoms with van der Waals surface area (Å²) >= 11 is 0. The maximum Gasteiger partial charge on any atom is 0.417 e. The van der Waals surface area contributed by atoms with Crippen LogP contribution in [0.15, 0.2) is 51.7 Å². The molecule has 0 saturated heterocycles. The third-order valence-electron chi connectivity index (χ3n) is 4.03. The lowest BCUT2D eigenvalue weighted by molar-refractivity contribution is -0.385. The van der Waals surface area contributed by atoms with Gasteiger partial charge in [0.25, 0.3) is 5.69 Å². The number of nitro groups is 1. The van der Waals surface area contributed by atoms with Gasteiger partial charge in [-0.2, -0.15) is 13.2 Å². The van der Waals surface area contributed by atoms with E-state index in [2.05, 4.69) is 0 Å². The van der Waals surface area contributed by atoms with Crippen molar-refractivity contribution in [1.82, 2.24) is 0 Å². The second-order valence-electron chi connectivity index (χ2n) is 5.74. The molecular formula is C18H12F3NO5. The Balaban J connectivity index is 1.92. The summed E-state index contributed by atoms with van der Waals surface area (Å²) in [4.78, 5) is 21.9. The van der Waals surface area contributed by atoms with Crippen LogP contribution in [0.4, 0.5) is 18.9 Å². The van der Waals surface area contributed by atoms with E-state index in [9.17, 15) is 28.1 Å². The van der Waals surface area contributed by atoms with Crippen molar-refractivity contribution in [2.75, 3.05) is 0 Å². The quantitative estimate of drug-likeness (QED) is 0.376. The second kappa shape index (κ2) is 6.75. The summed E-state index contributed by atoms with van der Waals surface area (Å²) in [5.41, 5.74) is -1.56. The van der Waals surface area contributed by atoms with E-state index in [1.165, 1.54) is 24.3 Å². The monoisotopic (exact) mass is 379 g/mol. The van der Waals surface area contributed by atoms with E-state index < -0.39 is 22.3 Å². The third-order valence-corrected chi connectivity index (χ3v) is 4.03. The van der Waals surface area contributed by atoms with Crippen LogP contribution in [0.2, 0.25) is 0 Å². The Bertz CT molecular complexity index is 1090. The molecular weight excluding hydrogens is 367 g/mol. The number of hydrogen-bond donors (Lipinski definition) is 0. The molecule has 6 nitrogen and oxygen atoms in total. The van der Waals surface area contributed by atoms with Crippen LogP contribution in [0.1, 0.15) is 16.7 Å². The van der Waals surface area contributed by atoms with Crippen LogP contribution in [-0.4, -0.2) is 4.92 Å². The fourth-order valence-electron chi connectivity index (χ4n) is 2.65. The standard InChI is InChI=1S/C18H12F3NO5/c1-10-11(3-2-4-15(10)22(24)25)9-26-12-5-6-13-14(18(19,20)21)8-17(23)27-16(13)7-12/h2-8H,9H2,1H3. The third kappa shape index (κ3) is 3.76. The van der Waals surface area contributed by atoms with E-state index in [1.54, 1.807) is 13.0 Å². The van der Waals surface area contributed by atoms with Gasteiger partial charge in [0.1, 0.15) is 17.9 Å². The van der Waals surface area contributed by atoms with Crippen LogP contribution in [0.25, 0.3) is 11.0 Å². The number of hydrogen-bond acceptors (Lipinski definition) is 5. The number of nitro benzene ring substituents is 1. The van der Waals surface area contributed by atoms with E-state index in [1.807, 2.05) is 0 Å². The van der Waals surface area contributed by atoms with Crippen molar-refractivity contribution in [3.63, 3.8) is 0 Å². The Morgan fingerprint density at radius 1 is 1.19 bits per heavy atom. The zero-order chi connectivity index (χ0) is 19.8. The first-order chi connectivity index (χ1) is 12.7. The molecule has 0 aliphatic rings. The molecule has 1 heterocycles. The highest BCUT2D eigenvalue weighted by molar-refractivity contribution is 5.82. The summed E-state index contributed by atoms with van der Waals surface area (Å²) in [5.74, 6) is 0.163. The Kier molecular flexibility index (Phi) is 4.61.